The molecule has 1 aromatic carbocycles. The molecule has 3 heterocycles. The van der Waals surface area contributed by atoms with Gasteiger partial charge < -0.3 is 4.57 Å². The number of hydrogen-bond donors (Lipinski definition) is 0. The van der Waals surface area contributed by atoms with Gasteiger partial charge in [-0.05, 0) is 31.2 Å². The first-order valence-electron chi connectivity index (χ1n) is 8.66. The smallest absolute Gasteiger partial charge is 0.269 e. The molecule has 1 aliphatic heterocycles. The molecule has 1 amide bonds. The average molecular weight is 416 g/mol. The maximum atomic E-state index is 12.6. The predicted molar refractivity (Wildman–Crippen MR) is 104 cm³/mol. The van der Waals surface area contributed by atoms with Crippen molar-refractivity contribution in [3.8, 4) is 11.4 Å². The van der Waals surface area contributed by atoms with Crippen molar-refractivity contribution < 1.29 is 13.2 Å². The highest BCUT2D eigenvalue weighted by Gasteiger charge is 2.40. The van der Waals surface area contributed by atoms with Crippen LogP contribution in [0.1, 0.15) is 17.3 Å². The van der Waals surface area contributed by atoms with E-state index in [1.54, 1.807) is 24.5 Å². The molecule has 0 saturated heterocycles. The van der Waals surface area contributed by atoms with Gasteiger partial charge in [-0.3, -0.25) is 9.78 Å². The normalized spacial score (nSPS) is 15.0. The van der Waals surface area contributed by atoms with E-state index < -0.39 is 15.9 Å². The van der Waals surface area contributed by atoms with Crippen molar-refractivity contribution in [2.75, 3.05) is 12.3 Å². The van der Waals surface area contributed by atoms with Gasteiger partial charge in [-0.2, -0.15) is 0 Å². The van der Waals surface area contributed by atoms with Crippen LogP contribution in [0.2, 0.25) is 0 Å². The van der Waals surface area contributed by atoms with Gasteiger partial charge in [-0.25, -0.2) is 12.7 Å². The molecule has 10 heteroatoms. The Balaban J connectivity index is 1.50. The molecule has 4 rings (SSSR count). The number of sulfonamides is 1. The summed E-state index contributed by atoms with van der Waals surface area (Å²) in [4.78, 5) is 16.5. The molecule has 3 aromatic rings. The standard InChI is InChI=1S/C18H17N5O3S2/c1-2-22-16(13-7-9-19-10-8-13)20-21-18(22)27-12-11-23-17(24)14-5-3-4-6-15(14)28(23,25)26/h3-10H,2,11-12H2,1H3. The van der Waals surface area contributed by atoms with E-state index in [0.29, 0.717) is 17.5 Å². The molecule has 8 nitrogen and oxygen atoms in total. The minimum Gasteiger partial charge on any atom is -0.302 e. The summed E-state index contributed by atoms with van der Waals surface area (Å²) >= 11 is 1.37. The fourth-order valence-corrected chi connectivity index (χ4v) is 5.68. The second-order valence-corrected chi connectivity index (χ2v) is 8.91. The molecule has 28 heavy (non-hydrogen) atoms. The largest absolute Gasteiger partial charge is 0.302 e. The Labute approximate surface area is 166 Å². The van der Waals surface area contributed by atoms with Crippen LogP contribution in [-0.2, 0) is 16.6 Å². The summed E-state index contributed by atoms with van der Waals surface area (Å²) in [6.45, 7) is 2.73. The van der Waals surface area contributed by atoms with Crippen LogP contribution >= 0.6 is 11.8 Å². The third kappa shape index (κ3) is 3.08. The minimum atomic E-state index is -3.78. The zero-order valence-corrected chi connectivity index (χ0v) is 16.7. The summed E-state index contributed by atoms with van der Waals surface area (Å²) in [6, 6.07) is 10.00. The van der Waals surface area contributed by atoms with Crippen LogP contribution in [0.4, 0.5) is 0 Å². The number of amides is 1. The number of rotatable bonds is 6. The first-order valence-corrected chi connectivity index (χ1v) is 11.1. The van der Waals surface area contributed by atoms with Crippen molar-refractivity contribution in [2.24, 2.45) is 0 Å². The molecule has 0 N–H and O–H groups in total. The maximum Gasteiger partial charge on any atom is 0.269 e. The zero-order chi connectivity index (χ0) is 19.7. The first-order chi connectivity index (χ1) is 13.5. The van der Waals surface area contributed by atoms with E-state index in [4.69, 9.17) is 0 Å². The summed E-state index contributed by atoms with van der Waals surface area (Å²) in [5, 5.41) is 9.15. The highest BCUT2D eigenvalue weighted by atomic mass is 32.2. The summed E-state index contributed by atoms with van der Waals surface area (Å²) in [5.74, 6) is 0.628. The van der Waals surface area contributed by atoms with E-state index in [0.717, 1.165) is 15.7 Å². The van der Waals surface area contributed by atoms with Gasteiger partial charge in [-0.15, -0.1) is 10.2 Å². The Morgan fingerprint density at radius 3 is 2.54 bits per heavy atom. The molecule has 144 valence electrons. The van der Waals surface area contributed by atoms with E-state index in [9.17, 15) is 13.2 Å². The van der Waals surface area contributed by atoms with Gasteiger partial charge in [0.2, 0.25) is 0 Å². The minimum absolute atomic E-state index is 0.0710. The van der Waals surface area contributed by atoms with Crippen LogP contribution in [0.3, 0.4) is 0 Å². The number of benzene rings is 1. The van der Waals surface area contributed by atoms with E-state index in [1.165, 1.54) is 23.9 Å². The van der Waals surface area contributed by atoms with Crippen LogP contribution in [-0.4, -0.2) is 50.7 Å². The van der Waals surface area contributed by atoms with Crippen LogP contribution in [0.5, 0.6) is 0 Å². The topological polar surface area (TPSA) is 98.1 Å². The molecular formula is C18H17N5O3S2. The molecule has 0 spiro atoms. The first kappa shape index (κ1) is 18.6. The number of hydrogen-bond acceptors (Lipinski definition) is 7. The van der Waals surface area contributed by atoms with E-state index in [2.05, 4.69) is 15.2 Å². The molecular weight excluding hydrogens is 398 g/mol. The molecule has 0 bridgehead atoms. The van der Waals surface area contributed by atoms with Crippen LogP contribution < -0.4 is 0 Å². The van der Waals surface area contributed by atoms with Crippen molar-refractivity contribution in [2.45, 2.75) is 23.5 Å². The summed E-state index contributed by atoms with van der Waals surface area (Å²) in [6.07, 6.45) is 3.39. The van der Waals surface area contributed by atoms with Crippen molar-refractivity contribution in [3.05, 3.63) is 54.4 Å². The number of thioether (sulfide) groups is 1. The van der Waals surface area contributed by atoms with E-state index >= 15 is 0 Å². The van der Waals surface area contributed by atoms with Crippen molar-refractivity contribution in [1.29, 1.82) is 0 Å². The lowest BCUT2D eigenvalue weighted by Gasteiger charge is -2.14. The molecule has 0 saturated carbocycles. The molecule has 0 radical (unpaired) electrons. The average Bonchev–Trinajstić information content (AvgIpc) is 3.21. The van der Waals surface area contributed by atoms with Crippen LogP contribution in [0, 0.1) is 0 Å². The van der Waals surface area contributed by atoms with Gasteiger partial charge >= 0.3 is 0 Å². The van der Waals surface area contributed by atoms with Crippen molar-refractivity contribution >= 4 is 27.7 Å². The number of fused-ring (bicyclic) bond motifs is 1. The lowest BCUT2D eigenvalue weighted by Crippen LogP contribution is -2.32. The summed E-state index contributed by atoms with van der Waals surface area (Å²) < 4.78 is 28.1. The maximum absolute atomic E-state index is 12.6. The third-order valence-electron chi connectivity index (χ3n) is 4.41. The van der Waals surface area contributed by atoms with Crippen LogP contribution in [0.25, 0.3) is 11.4 Å². The second kappa shape index (κ2) is 7.36. The fraction of sp³-hybridized carbons (Fsp3) is 0.222. The summed E-state index contributed by atoms with van der Waals surface area (Å²) in [5.41, 5.74) is 1.13. The SMILES string of the molecule is CCn1c(SCCN2C(=O)c3ccccc3S2(=O)=O)nnc1-c1ccncc1. The molecule has 2 aromatic heterocycles. The van der Waals surface area contributed by atoms with E-state index in [1.807, 2.05) is 23.6 Å². The Kier molecular flexibility index (Phi) is 4.90. The number of aromatic nitrogens is 4. The quantitative estimate of drug-likeness (QED) is 0.570. The van der Waals surface area contributed by atoms with Gasteiger partial charge in [0.25, 0.3) is 15.9 Å². The molecule has 0 unspecified atom stereocenters. The van der Waals surface area contributed by atoms with E-state index in [-0.39, 0.29) is 17.0 Å². The van der Waals surface area contributed by atoms with Gasteiger partial charge in [0, 0.05) is 36.8 Å². The van der Waals surface area contributed by atoms with Gasteiger partial charge in [0.1, 0.15) is 4.90 Å². The monoisotopic (exact) mass is 415 g/mol. The summed E-state index contributed by atoms with van der Waals surface area (Å²) in [7, 11) is -3.78. The highest BCUT2D eigenvalue weighted by Crippen LogP contribution is 2.31. The zero-order valence-electron chi connectivity index (χ0n) is 15.0. The third-order valence-corrected chi connectivity index (χ3v) is 7.20. The molecule has 1 aliphatic rings. The fourth-order valence-electron chi connectivity index (χ4n) is 3.07. The molecule has 0 atom stereocenters. The second-order valence-electron chi connectivity index (χ2n) is 6.01. The van der Waals surface area contributed by atoms with Crippen molar-refractivity contribution in [1.82, 2.24) is 24.1 Å². The van der Waals surface area contributed by atoms with Crippen molar-refractivity contribution in [3.63, 3.8) is 0 Å². The lowest BCUT2D eigenvalue weighted by molar-refractivity contribution is 0.0876. The highest BCUT2D eigenvalue weighted by molar-refractivity contribution is 7.99. The Bertz CT molecular complexity index is 1130. The molecule has 0 fully saturated rings. The van der Waals surface area contributed by atoms with Gasteiger partial charge in [-0.1, -0.05) is 23.9 Å². The predicted octanol–water partition coefficient (Wildman–Crippen LogP) is 2.30. The number of pyridine rings is 1. The molecule has 0 aliphatic carbocycles. The Morgan fingerprint density at radius 2 is 1.82 bits per heavy atom. The Morgan fingerprint density at radius 1 is 1.07 bits per heavy atom. The Hall–Kier alpha value is -2.72. The number of nitrogens with zero attached hydrogens (tertiary/aromatic N) is 5. The number of carbonyl (C=O) groups is 1. The van der Waals surface area contributed by atoms with Gasteiger partial charge in [0.05, 0.1) is 5.56 Å². The van der Waals surface area contributed by atoms with Gasteiger partial charge in [0.15, 0.2) is 11.0 Å². The lowest BCUT2D eigenvalue weighted by atomic mass is 10.2. The number of carbonyl (C=O) groups excluding carboxylic acids is 1. The van der Waals surface area contributed by atoms with Crippen LogP contribution in [0.15, 0.2) is 58.8 Å².